The zero-order valence-corrected chi connectivity index (χ0v) is 15.6. The zero-order chi connectivity index (χ0) is 19.5. The van der Waals surface area contributed by atoms with Crippen molar-refractivity contribution in [3.63, 3.8) is 0 Å². The molecule has 146 valence electrons. The Morgan fingerprint density at radius 1 is 1.35 bits per heavy atom. The fourth-order valence-corrected chi connectivity index (χ4v) is 2.88. The van der Waals surface area contributed by atoms with Crippen LogP contribution < -0.4 is 0 Å². The number of halogens is 2. The van der Waals surface area contributed by atoms with E-state index in [4.69, 9.17) is 4.74 Å². The maximum Gasteiger partial charge on any atom is 0.410 e. The molecule has 1 aromatic rings. The van der Waals surface area contributed by atoms with Crippen LogP contribution >= 0.6 is 0 Å². The molecule has 1 aliphatic heterocycles. The van der Waals surface area contributed by atoms with Crippen LogP contribution in [0.3, 0.4) is 0 Å². The second-order valence-corrected chi connectivity index (χ2v) is 7.46. The van der Waals surface area contributed by atoms with Gasteiger partial charge in [-0.25, -0.2) is 9.78 Å². The summed E-state index contributed by atoms with van der Waals surface area (Å²) >= 11 is 0. The van der Waals surface area contributed by atoms with Crippen molar-refractivity contribution >= 4 is 12.0 Å². The Balaban J connectivity index is 1.87. The highest BCUT2D eigenvalue weighted by molar-refractivity contribution is 5.79. The number of rotatable bonds is 4. The van der Waals surface area contributed by atoms with Gasteiger partial charge in [0.05, 0.1) is 6.54 Å². The molecule has 0 atom stereocenters. The first-order valence-electron chi connectivity index (χ1n) is 8.61. The fourth-order valence-electron chi connectivity index (χ4n) is 2.88. The Labute approximate surface area is 151 Å². The minimum atomic E-state index is -2.69. The van der Waals surface area contributed by atoms with E-state index in [0.717, 1.165) is 4.57 Å². The molecule has 1 fully saturated rings. The van der Waals surface area contributed by atoms with Crippen molar-refractivity contribution in [1.82, 2.24) is 19.4 Å². The second-order valence-electron chi connectivity index (χ2n) is 7.46. The highest BCUT2D eigenvalue weighted by Gasteiger charge is 2.31. The largest absolute Gasteiger partial charge is 0.444 e. The fraction of sp³-hybridized carbons (Fsp3) is 0.706. The van der Waals surface area contributed by atoms with Crippen LogP contribution in [0.4, 0.5) is 13.6 Å². The standard InChI is InChI=1S/C17H26F2N4O3/c1-17(2,3)26-16(25)22-8-5-12(6-9-22)14(24)21(4)11-13-20-7-10-23(13)15(18)19/h7,10,12,15H,5-6,8-9,11H2,1-4H3. The van der Waals surface area contributed by atoms with E-state index in [1.54, 1.807) is 32.7 Å². The smallest absolute Gasteiger partial charge is 0.410 e. The Morgan fingerprint density at radius 3 is 2.50 bits per heavy atom. The summed E-state index contributed by atoms with van der Waals surface area (Å²) in [5.41, 5.74) is -0.559. The number of carbonyl (C=O) groups is 2. The monoisotopic (exact) mass is 372 g/mol. The van der Waals surface area contributed by atoms with Gasteiger partial charge in [-0.3, -0.25) is 9.36 Å². The third kappa shape index (κ3) is 5.15. The summed E-state index contributed by atoms with van der Waals surface area (Å²) in [6.45, 7) is 3.61. The number of imidazole rings is 1. The summed E-state index contributed by atoms with van der Waals surface area (Å²) in [7, 11) is 1.58. The summed E-state index contributed by atoms with van der Waals surface area (Å²) < 4.78 is 31.8. The molecular formula is C17H26F2N4O3. The zero-order valence-electron chi connectivity index (χ0n) is 15.6. The molecule has 2 amide bonds. The summed E-state index contributed by atoms with van der Waals surface area (Å²) in [5, 5.41) is 0. The lowest BCUT2D eigenvalue weighted by Crippen LogP contribution is -2.45. The third-order valence-electron chi connectivity index (χ3n) is 4.21. The summed E-state index contributed by atoms with van der Waals surface area (Å²) in [4.78, 5) is 31.5. The van der Waals surface area contributed by atoms with Crippen LogP contribution in [0.15, 0.2) is 12.4 Å². The molecule has 0 spiro atoms. The third-order valence-corrected chi connectivity index (χ3v) is 4.21. The highest BCUT2D eigenvalue weighted by Crippen LogP contribution is 2.22. The van der Waals surface area contributed by atoms with Crippen molar-refractivity contribution in [2.45, 2.75) is 52.3 Å². The molecule has 1 aliphatic rings. The van der Waals surface area contributed by atoms with Gasteiger partial charge in [0.15, 0.2) is 0 Å². The number of alkyl halides is 2. The van der Waals surface area contributed by atoms with E-state index in [-0.39, 0.29) is 30.3 Å². The number of piperidine rings is 1. The predicted molar refractivity (Wildman–Crippen MR) is 90.5 cm³/mol. The predicted octanol–water partition coefficient (Wildman–Crippen LogP) is 2.88. The molecule has 0 N–H and O–H groups in total. The van der Waals surface area contributed by atoms with E-state index in [9.17, 15) is 18.4 Å². The van der Waals surface area contributed by atoms with Crippen LogP contribution in [0.1, 0.15) is 46.0 Å². The van der Waals surface area contributed by atoms with E-state index >= 15 is 0 Å². The van der Waals surface area contributed by atoms with Crippen LogP contribution in [0, 0.1) is 5.92 Å². The average molecular weight is 372 g/mol. The Morgan fingerprint density at radius 2 is 1.96 bits per heavy atom. The number of nitrogens with zero attached hydrogens (tertiary/aromatic N) is 4. The highest BCUT2D eigenvalue weighted by atomic mass is 19.3. The molecule has 0 saturated carbocycles. The summed E-state index contributed by atoms with van der Waals surface area (Å²) in [5.74, 6) is -0.228. The molecule has 26 heavy (non-hydrogen) atoms. The van der Waals surface area contributed by atoms with Crippen molar-refractivity contribution < 1.29 is 23.1 Å². The van der Waals surface area contributed by atoms with Gasteiger partial charge in [0, 0.05) is 38.4 Å². The van der Waals surface area contributed by atoms with Crippen LogP contribution in [0.5, 0.6) is 0 Å². The molecule has 0 radical (unpaired) electrons. The number of hydrogen-bond acceptors (Lipinski definition) is 4. The van der Waals surface area contributed by atoms with Crippen molar-refractivity contribution in [1.29, 1.82) is 0 Å². The van der Waals surface area contributed by atoms with Crippen molar-refractivity contribution in [3.05, 3.63) is 18.2 Å². The van der Waals surface area contributed by atoms with Crippen LogP contribution in [-0.4, -0.2) is 57.1 Å². The van der Waals surface area contributed by atoms with Crippen molar-refractivity contribution in [2.75, 3.05) is 20.1 Å². The molecule has 0 aromatic carbocycles. The quantitative estimate of drug-likeness (QED) is 0.815. The Hall–Kier alpha value is -2.19. The first-order valence-corrected chi connectivity index (χ1v) is 8.61. The second kappa shape index (κ2) is 8.01. The molecule has 2 rings (SSSR count). The van der Waals surface area contributed by atoms with E-state index < -0.39 is 12.2 Å². The van der Waals surface area contributed by atoms with Crippen LogP contribution in [-0.2, 0) is 16.1 Å². The molecular weight excluding hydrogens is 346 g/mol. The van der Waals surface area contributed by atoms with E-state index in [1.165, 1.54) is 17.3 Å². The van der Waals surface area contributed by atoms with E-state index in [1.807, 2.05) is 0 Å². The van der Waals surface area contributed by atoms with Gasteiger partial charge in [-0.15, -0.1) is 0 Å². The minimum absolute atomic E-state index is 0.0163. The average Bonchev–Trinajstić information content (AvgIpc) is 3.01. The van der Waals surface area contributed by atoms with Gasteiger partial charge in [-0.1, -0.05) is 0 Å². The van der Waals surface area contributed by atoms with E-state index in [0.29, 0.717) is 25.9 Å². The molecule has 0 aliphatic carbocycles. The maximum absolute atomic E-state index is 12.9. The number of carbonyl (C=O) groups excluding carboxylic acids is 2. The molecule has 1 saturated heterocycles. The molecule has 1 aromatic heterocycles. The summed E-state index contributed by atoms with van der Waals surface area (Å²) in [6, 6.07) is 0. The van der Waals surface area contributed by atoms with Gasteiger partial charge in [0.1, 0.15) is 11.4 Å². The number of likely N-dealkylation sites (tertiary alicyclic amines) is 1. The van der Waals surface area contributed by atoms with Gasteiger partial charge in [-0.05, 0) is 33.6 Å². The lowest BCUT2D eigenvalue weighted by molar-refractivity contribution is -0.136. The van der Waals surface area contributed by atoms with Crippen LogP contribution in [0.25, 0.3) is 0 Å². The number of ether oxygens (including phenoxy) is 1. The van der Waals surface area contributed by atoms with Gasteiger partial charge in [0.25, 0.3) is 0 Å². The molecule has 2 heterocycles. The van der Waals surface area contributed by atoms with Gasteiger partial charge < -0.3 is 14.5 Å². The van der Waals surface area contributed by atoms with Gasteiger partial charge >= 0.3 is 12.6 Å². The SMILES string of the molecule is CN(Cc1nccn1C(F)F)C(=O)C1CCN(C(=O)OC(C)(C)C)CC1. The Kier molecular flexibility index (Phi) is 6.20. The van der Waals surface area contributed by atoms with Crippen LogP contribution in [0.2, 0.25) is 0 Å². The topological polar surface area (TPSA) is 67.7 Å². The van der Waals surface area contributed by atoms with Gasteiger partial charge in [0.2, 0.25) is 5.91 Å². The lowest BCUT2D eigenvalue weighted by Gasteiger charge is -2.34. The molecule has 0 unspecified atom stereocenters. The minimum Gasteiger partial charge on any atom is -0.444 e. The first-order chi connectivity index (χ1) is 12.1. The molecule has 7 nitrogen and oxygen atoms in total. The lowest BCUT2D eigenvalue weighted by atomic mass is 9.95. The first kappa shape index (κ1) is 20.1. The molecule has 9 heteroatoms. The molecule has 0 bridgehead atoms. The van der Waals surface area contributed by atoms with Crippen molar-refractivity contribution in [3.8, 4) is 0 Å². The van der Waals surface area contributed by atoms with Crippen molar-refractivity contribution in [2.24, 2.45) is 5.92 Å². The van der Waals surface area contributed by atoms with E-state index in [2.05, 4.69) is 4.98 Å². The maximum atomic E-state index is 12.9. The Bertz CT molecular complexity index is 634. The summed E-state index contributed by atoms with van der Waals surface area (Å²) in [6.07, 6.45) is 3.14. The van der Waals surface area contributed by atoms with Gasteiger partial charge in [-0.2, -0.15) is 8.78 Å². The normalized spacial score (nSPS) is 16.0. The number of amides is 2. The number of aromatic nitrogens is 2. The number of hydrogen-bond donors (Lipinski definition) is 0.